The molecule has 0 saturated carbocycles. The number of hydrogen-bond acceptors (Lipinski definition) is 4. The first-order chi connectivity index (χ1) is 6.36. The predicted octanol–water partition coefficient (Wildman–Crippen LogP) is 1.38. The van der Waals surface area contributed by atoms with E-state index in [9.17, 15) is 9.59 Å². The average Bonchev–Trinajstić information content (AvgIpc) is 2.12. The van der Waals surface area contributed by atoms with Crippen molar-refractivity contribution in [1.82, 2.24) is 0 Å². The SMILES string of the molecule is CCC(Cl)(Br)C(=O)C(=NOC)C(=O)O. The molecule has 80 valence electrons. The number of hydrogen-bond donors (Lipinski definition) is 1. The van der Waals surface area contributed by atoms with Crippen LogP contribution in [0.15, 0.2) is 5.16 Å². The van der Waals surface area contributed by atoms with Crippen molar-refractivity contribution in [1.29, 1.82) is 0 Å². The molecule has 0 aromatic carbocycles. The topological polar surface area (TPSA) is 76.0 Å². The first-order valence-corrected chi connectivity index (χ1v) is 4.81. The van der Waals surface area contributed by atoms with Gasteiger partial charge in [-0.3, -0.25) is 4.79 Å². The molecule has 0 fully saturated rings. The summed E-state index contributed by atoms with van der Waals surface area (Å²) in [6.07, 6.45) is 0.226. The first kappa shape index (κ1) is 13.4. The fourth-order valence-corrected chi connectivity index (χ4v) is 0.880. The zero-order valence-corrected chi connectivity index (χ0v) is 9.92. The Hall–Kier alpha value is -0.620. The molecule has 0 spiro atoms. The average molecular weight is 287 g/mol. The molecular formula is C7H9BrClNO4. The van der Waals surface area contributed by atoms with Gasteiger partial charge in [0.2, 0.25) is 11.5 Å². The van der Waals surface area contributed by atoms with E-state index < -0.39 is 21.2 Å². The van der Waals surface area contributed by atoms with Crippen molar-refractivity contribution >= 4 is 45.0 Å². The summed E-state index contributed by atoms with van der Waals surface area (Å²) in [6.45, 7) is 1.63. The Morgan fingerprint density at radius 3 is 2.43 bits per heavy atom. The number of halogens is 2. The van der Waals surface area contributed by atoms with Gasteiger partial charge >= 0.3 is 5.97 Å². The van der Waals surface area contributed by atoms with Crippen molar-refractivity contribution in [2.24, 2.45) is 5.16 Å². The minimum absolute atomic E-state index is 0.226. The lowest BCUT2D eigenvalue weighted by molar-refractivity contribution is -0.130. The standard InChI is InChI=1S/C7H9BrClNO4/c1-3-7(8,9)5(11)4(6(12)13)10-14-2/h3H2,1-2H3,(H,12,13). The molecule has 5 nitrogen and oxygen atoms in total. The molecule has 0 aromatic heterocycles. The number of alkyl halides is 2. The van der Waals surface area contributed by atoms with Gasteiger partial charge in [0.1, 0.15) is 7.11 Å². The molecule has 0 amide bonds. The second-order valence-electron chi connectivity index (χ2n) is 2.31. The summed E-state index contributed by atoms with van der Waals surface area (Å²) in [5.74, 6) is -2.31. The first-order valence-electron chi connectivity index (χ1n) is 3.63. The Bertz CT molecular complexity index is 277. The number of oxime groups is 1. The number of carboxylic acids is 1. The normalized spacial score (nSPS) is 15.9. The lowest BCUT2D eigenvalue weighted by Crippen LogP contribution is -2.36. The molecule has 0 heterocycles. The lowest BCUT2D eigenvalue weighted by atomic mass is 10.1. The van der Waals surface area contributed by atoms with Crippen LogP contribution in [0, 0.1) is 0 Å². The second kappa shape index (κ2) is 5.31. The van der Waals surface area contributed by atoms with E-state index in [4.69, 9.17) is 16.7 Å². The second-order valence-corrected chi connectivity index (χ2v) is 4.77. The summed E-state index contributed by atoms with van der Waals surface area (Å²) in [7, 11) is 1.15. The van der Waals surface area contributed by atoms with Crippen LogP contribution in [0.4, 0.5) is 0 Å². The highest BCUT2D eigenvalue weighted by atomic mass is 79.9. The number of carbonyl (C=O) groups is 2. The van der Waals surface area contributed by atoms with E-state index in [0.717, 1.165) is 7.11 Å². The Morgan fingerprint density at radius 1 is 1.64 bits per heavy atom. The molecule has 0 aromatic rings. The summed E-state index contributed by atoms with van der Waals surface area (Å²) in [5, 5.41) is 11.7. The van der Waals surface area contributed by atoms with Crippen LogP contribution >= 0.6 is 27.5 Å². The summed E-state index contributed by atoms with van der Waals surface area (Å²) >= 11 is 8.61. The van der Waals surface area contributed by atoms with Gasteiger partial charge in [0.05, 0.1) is 0 Å². The van der Waals surface area contributed by atoms with Crippen molar-refractivity contribution < 1.29 is 19.5 Å². The van der Waals surface area contributed by atoms with Gasteiger partial charge in [-0.15, -0.1) is 0 Å². The van der Waals surface area contributed by atoms with Crippen LogP contribution in [0.1, 0.15) is 13.3 Å². The number of nitrogens with zero attached hydrogens (tertiary/aromatic N) is 1. The van der Waals surface area contributed by atoms with Gasteiger partial charge in [0, 0.05) is 0 Å². The molecule has 0 rings (SSSR count). The number of ketones is 1. The van der Waals surface area contributed by atoms with E-state index in [1.807, 2.05) is 0 Å². The fourth-order valence-electron chi connectivity index (χ4n) is 0.603. The molecule has 0 bridgehead atoms. The lowest BCUT2D eigenvalue weighted by Gasteiger charge is -2.14. The zero-order chi connectivity index (χ0) is 11.4. The van der Waals surface area contributed by atoms with Crippen LogP contribution < -0.4 is 0 Å². The number of rotatable bonds is 5. The van der Waals surface area contributed by atoms with Crippen molar-refractivity contribution in [3.63, 3.8) is 0 Å². The van der Waals surface area contributed by atoms with Gasteiger partial charge < -0.3 is 9.94 Å². The highest BCUT2D eigenvalue weighted by Gasteiger charge is 2.38. The predicted molar refractivity (Wildman–Crippen MR) is 54.9 cm³/mol. The van der Waals surface area contributed by atoms with Crippen LogP contribution in [-0.2, 0) is 14.4 Å². The quantitative estimate of drug-likeness (QED) is 0.358. The van der Waals surface area contributed by atoms with Gasteiger partial charge in [-0.25, -0.2) is 4.79 Å². The van der Waals surface area contributed by atoms with E-state index in [1.54, 1.807) is 6.92 Å². The molecule has 0 aliphatic carbocycles. The Balaban J connectivity index is 4.98. The van der Waals surface area contributed by atoms with E-state index in [-0.39, 0.29) is 6.42 Å². The van der Waals surface area contributed by atoms with E-state index in [2.05, 4.69) is 25.9 Å². The third-order valence-electron chi connectivity index (χ3n) is 1.38. The molecular weight excluding hydrogens is 277 g/mol. The molecule has 7 heteroatoms. The molecule has 0 aliphatic rings. The van der Waals surface area contributed by atoms with Gasteiger partial charge in [-0.05, 0) is 6.42 Å². The van der Waals surface area contributed by atoms with Crippen molar-refractivity contribution in [3.05, 3.63) is 0 Å². The molecule has 0 saturated heterocycles. The Labute approximate surface area is 94.2 Å². The molecule has 0 radical (unpaired) electrons. The van der Waals surface area contributed by atoms with Crippen LogP contribution in [0.5, 0.6) is 0 Å². The van der Waals surface area contributed by atoms with Crippen molar-refractivity contribution in [2.45, 2.75) is 17.1 Å². The summed E-state index contributed by atoms with van der Waals surface area (Å²) in [5.41, 5.74) is -0.735. The largest absolute Gasteiger partial charge is 0.476 e. The molecule has 14 heavy (non-hydrogen) atoms. The number of carbonyl (C=O) groups excluding carboxylic acids is 1. The summed E-state index contributed by atoms with van der Waals surface area (Å²) < 4.78 is -1.44. The van der Waals surface area contributed by atoms with Crippen LogP contribution in [0.25, 0.3) is 0 Å². The van der Waals surface area contributed by atoms with Gasteiger partial charge in [-0.2, -0.15) is 0 Å². The minimum Gasteiger partial charge on any atom is -0.476 e. The maximum Gasteiger partial charge on any atom is 0.361 e. The maximum absolute atomic E-state index is 11.5. The molecule has 1 N–H and O–H groups in total. The monoisotopic (exact) mass is 285 g/mol. The van der Waals surface area contributed by atoms with E-state index in [0.29, 0.717) is 0 Å². The third kappa shape index (κ3) is 3.26. The Kier molecular flexibility index (Phi) is 5.07. The van der Waals surface area contributed by atoms with Crippen LogP contribution in [0.2, 0.25) is 0 Å². The smallest absolute Gasteiger partial charge is 0.361 e. The van der Waals surface area contributed by atoms with Crippen molar-refractivity contribution in [2.75, 3.05) is 7.11 Å². The van der Waals surface area contributed by atoms with Gasteiger partial charge in [-0.1, -0.05) is 39.6 Å². The molecule has 1 atom stereocenters. The maximum atomic E-state index is 11.5. The van der Waals surface area contributed by atoms with Gasteiger partial charge in [0.15, 0.2) is 3.78 Å². The minimum atomic E-state index is -1.48. The van der Waals surface area contributed by atoms with Crippen LogP contribution in [-0.4, -0.2) is 33.5 Å². The zero-order valence-electron chi connectivity index (χ0n) is 7.58. The summed E-state index contributed by atoms with van der Waals surface area (Å²) in [4.78, 5) is 26.3. The van der Waals surface area contributed by atoms with E-state index in [1.165, 1.54) is 0 Å². The van der Waals surface area contributed by atoms with Gasteiger partial charge in [0.25, 0.3) is 0 Å². The van der Waals surface area contributed by atoms with Crippen LogP contribution in [0.3, 0.4) is 0 Å². The molecule has 1 unspecified atom stereocenters. The number of Topliss-reactive ketones (excluding diaryl/α,β-unsaturated/α-hetero) is 1. The van der Waals surface area contributed by atoms with E-state index >= 15 is 0 Å². The Morgan fingerprint density at radius 2 is 2.14 bits per heavy atom. The highest BCUT2D eigenvalue weighted by Crippen LogP contribution is 2.29. The van der Waals surface area contributed by atoms with Crippen molar-refractivity contribution in [3.8, 4) is 0 Å². The summed E-state index contributed by atoms with van der Waals surface area (Å²) in [6, 6.07) is 0. The highest BCUT2D eigenvalue weighted by molar-refractivity contribution is 9.10. The number of aliphatic carboxylic acids is 1. The number of carboxylic acid groups (broad SMARTS) is 1. The third-order valence-corrected chi connectivity index (χ3v) is 2.74. The fraction of sp³-hybridized carbons (Fsp3) is 0.571. The molecule has 0 aliphatic heterocycles.